The maximum Gasteiger partial charge on any atom is 0.168 e. The lowest BCUT2D eigenvalue weighted by atomic mass is 10.1. The number of halogens is 2. The van der Waals surface area contributed by atoms with Gasteiger partial charge in [-0.25, -0.2) is 0 Å². The fourth-order valence-corrected chi connectivity index (χ4v) is 4.46. The minimum absolute atomic E-state index is 0.0495. The van der Waals surface area contributed by atoms with Crippen LogP contribution in [0.1, 0.15) is 25.7 Å². The molecule has 22 heavy (non-hydrogen) atoms. The predicted octanol–water partition coefficient (Wildman–Crippen LogP) is 4.67. The molecule has 0 N–H and O–H groups in total. The van der Waals surface area contributed by atoms with Crippen molar-refractivity contribution in [3.63, 3.8) is 0 Å². The Morgan fingerprint density at radius 3 is 1.77 bits per heavy atom. The van der Waals surface area contributed by atoms with Gasteiger partial charge in [-0.2, -0.15) is 0 Å². The highest BCUT2D eigenvalue weighted by molar-refractivity contribution is 14.1. The molecule has 0 fully saturated rings. The Hall–Kier alpha value is 1.12. The molecule has 0 spiro atoms. The van der Waals surface area contributed by atoms with Crippen molar-refractivity contribution < 1.29 is 14.2 Å². The van der Waals surface area contributed by atoms with Crippen molar-refractivity contribution >= 4 is 53.3 Å². The second-order valence-corrected chi connectivity index (χ2v) is 14.3. The molecule has 0 aromatic rings. The Kier molecular flexibility index (Phi) is 13.1. The lowest BCUT2D eigenvalue weighted by molar-refractivity contribution is -0.0995. The predicted molar refractivity (Wildman–Crippen MR) is 114 cm³/mol. The highest BCUT2D eigenvalue weighted by atomic mass is 127. The van der Waals surface area contributed by atoms with Gasteiger partial charge in [0.25, 0.3) is 0 Å². The van der Waals surface area contributed by atoms with Crippen molar-refractivity contribution in [2.24, 2.45) is 0 Å². The van der Waals surface area contributed by atoms with E-state index < -0.39 is 8.07 Å². The fraction of sp³-hybridized carbons (Fsp3) is 0.875. The first-order valence-corrected chi connectivity index (χ1v) is 13.6. The zero-order valence-corrected chi connectivity index (χ0v) is 19.9. The molecule has 0 saturated carbocycles. The van der Waals surface area contributed by atoms with Crippen LogP contribution in [0.15, 0.2) is 0 Å². The summed E-state index contributed by atoms with van der Waals surface area (Å²) in [5.74, 6) is 3.34. The highest BCUT2D eigenvalue weighted by Gasteiger charge is 2.19. The van der Waals surface area contributed by atoms with E-state index in [0.717, 1.165) is 12.8 Å². The summed E-state index contributed by atoms with van der Waals surface area (Å²) in [4.78, 5) is 0. The van der Waals surface area contributed by atoms with E-state index in [0.29, 0.717) is 7.85 Å². The number of alkyl halides is 2. The molecule has 0 saturated heterocycles. The summed E-state index contributed by atoms with van der Waals surface area (Å²) in [6.07, 6.45) is 4.54. The number of methoxy groups -OCH3 is 3. The van der Waals surface area contributed by atoms with Crippen molar-refractivity contribution in [2.45, 2.75) is 65.6 Å². The van der Waals surface area contributed by atoms with Crippen molar-refractivity contribution in [2.75, 3.05) is 21.3 Å². The van der Waals surface area contributed by atoms with Gasteiger partial charge >= 0.3 is 0 Å². The number of unbranched alkanes of at least 4 members (excludes halogenated alkanes) is 1. The molecular formula is C16H30I2O3Si. The fourth-order valence-electron chi connectivity index (χ4n) is 1.94. The molecule has 0 bridgehead atoms. The third-order valence-corrected chi connectivity index (χ3v) is 6.52. The van der Waals surface area contributed by atoms with Crippen LogP contribution in [0.3, 0.4) is 0 Å². The molecule has 0 rings (SSSR count). The van der Waals surface area contributed by atoms with Crippen LogP contribution in [-0.2, 0) is 14.2 Å². The van der Waals surface area contributed by atoms with Crippen LogP contribution < -0.4 is 0 Å². The molecule has 0 radical (unpaired) electrons. The van der Waals surface area contributed by atoms with Gasteiger partial charge in [0, 0.05) is 25.3 Å². The Labute approximate surface area is 164 Å². The summed E-state index contributed by atoms with van der Waals surface area (Å²) in [5, 5.41) is 0. The monoisotopic (exact) mass is 552 g/mol. The molecule has 0 aromatic heterocycles. The number of rotatable bonds is 10. The van der Waals surface area contributed by atoms with E-state index in [4.69, 9.17) is 14.2 Å². The van der Waals surface area contributed by atoms with Crippen LogP contribution >= 0.6 is 45.2 Å². The van der Waals surface area contributed by atoms with E-state index in [1.165, 1.54) is 12.8 Å². The third kappa shape index (κ3) is 10.8. The van der Waals surface area contributed by atoms with Crippen LogP contribution in [0, 0.1) is 11.5 Å². The molecule has 6 heteroatoms. The number of hydrogen-bond donors (Lipinski definition) is 0. The largest absolute Gasteiger partial charge is 0.368 e. The van der Waals surface area contributed by atoms with Gasteiger partial charge in [-0.05, 0) is 12.8 Å². The zero-order chi connectivity index (χ0) is 17.2. The lowest BCUT2D eigenvalue weighted by Gasteiger charge is -2.20. The van der Waals surface area contributed by atoms with E-state index in [1.807, 2.05) is 0 Å². The molecule has 1 unspecified atom stereocenters. The second kappa shape index (κ2) is 12.5. The maximum absolute atomic E-state index is 5.56. The molecule has 0 aliphatic carbocycles. The van der Waals surface area contributed by atoms with Gasteiger partial charge in [-0.15, -0.1) is 5.54 Å². The molecule has 3 atom stereocenters. The minimum Gasteiger partial charge on any atom is -0.368 e. The Morgan fingerprint density at radius 1 is 0.864 bits per heavy atom. The molecule has 0 aliphatic rings. The Bertz CT molecular complexity index is 346. The first-order chi connectivity index (χ1) is 10.2. The van der Waals surface area contributed by atoms with Gasteiger partial charge in [0.05, 0.1) is 3.92 Å². The first kappa shape index (κ1) is 23.1. The van der Waals surface area contributed by atoms with Gasteiger partial charge in [0.2, 0.25) is 0 Å². The maximum atomic E-state index is 5.56. The van der Waals surface area contributed by atoms with Gasteiger partial charge in [-0.1, -0.05) is 83.6 Å². The Morgan fingerprint density at radius 2 is 1.36 bits per heavy atom. The summed E-state index contributed by atoms with van der Waals surface area (Å²) >= 11 is 4.89. The minimum atomic E-state index is -1.33. The summed E-state index contributed by atoms with van der Waals surface area (Å²) in [7, 11) is 3.82. The zero-order valence-electron chi connectivity index (χ0n) is 14.6. The molecule has 0 heterocycles. The summed E-state index contributed by atoms with van der Waals surface area (Å²) < 4.78 is 17.0. The second-order valence-electron chi connectivity index (χ2n) is 6.33. The van der Waals surface area contributed by atoms with E-state index in [9.17, 15) is 0 Å². The van der Waals surface area contributed by atoms with Gasteiger partial charge in [0.15, 0.2) is 6.29 Å². The molecular weight excluding hydrogens is 522 g/mol. The van der Waals surface area contributed by atoms with Gasteiger partial charge in [-0.3, -0.25) is 0 Å². The third-order valence-electron chi connectivity index (χ3n) is 3.14. The van der Waals surface area contributed by atoms with Crippen LogP contribution in [0.25, 0.3) is 0 Å². The first-order valence-electron chi connectivity index (χ1n) is 7.64. The normalized spacial score (nSPS) is 16.0. The van der Waals surface area contributed by atoms with Crippen LogP contribution in [0.4, 0.5) is 0 Å². The molecule has 3 nitrogen and oxygen atoms in total. The van der Waals surface area contributed by atoms with Crippen LogP contribution in [-0.4, -0.2) is 49.6 Å². The molecule has 130 valence electrons. The quantitative estimate of drug-likeness (QED) is 0.0986. The van der Waals surface area contributed by atoms with E-state index in [2.05, 4.69) is 76.3 Å². The van der Waals surface area contributed by atoms with Crippen molar-refractivity contribution in [1.82, 2.24) is 0 Å². The standard InChI is InChI=1S/C16H30I2O3Si/c1-19-15(11-12-22(4,5)6)13(17)9-7-8-10-14(18)16(20-2)21-3/h13-16H,7-10H2,1-6H3/t13-,14?,15+/m0/s1. The van der Waals surface area contributed by atoms with Crippen molar-refractivity contribution in [1.29, 1.82) is 0 Å². The highest BCUT2D eigenvalue weighted by Crippen LogP contribution is 2.21. The topological polar surface area (TPSA) is 27.7 Å². The SMILES string of the molecule is COC(OC)C(I)CCCC[C@H](I)[C@@H](C#C[Si](C)(C)C)OC. The summed E-state index contributed by atoms with van der Waals surface area (Å²) in [6.45, 7) is 6.78. The molecule has 0 aliphatic heterocycles. The average Bonchev–Trinajstić information content (AvgIpc) is 2.44. The number of hydrogen-bond acceptors (Lipinski definition) is 3. The van der Waals surface area contributed by atoms with E-state index in [1.54, 1.807) is 21.3 Å². The van der Waals surface area contributed by atoms with Gasteiger partial charge < -0.3 is 14.2 Å². The molecule has 0 aromatic carbocycles. The van der Waals surface area contributed by atoms with Crippen molar-refractivity contribution in [3.8, 4) is 11.5 Å². The van der Waals surface area contributed by atoms with E-state index >= 15 is 0 Å². The van der Waals surface area contributed by atoms with Crippen LogP contribution in [0.5, 0.6) is 0 Å². The molecule has 0 amide bonds. The van der Waals surface area contributed by atoms with Crippen molar-refractivity contribution in [3.05, 3.63) is 0 Å². The van der Waals surface area contributed by atoms with Crippen LogP contribution in [0.2, 0.25) is 19.6 Å². The van der Waals surface area contributed by atoms with E-state index in [-0.39, 0.29) is 12.4 Å². The smallest absolute Gasteiger partial charge is 0.168 e. The summed E-state index contributed by atoms with van der Waals surface area (Å²) in [6, 6.07) is 0. The van der Waals surface area contributed by atoms with Gasteiger partial charge in [0.1, 0.15) is 14.2 Å². The average molecular weight is 552 g/mol. The summed E-state index contributed by atoms with van der Waals surface area (Å²) in [5.41, 5.74) is 3.42. The number of ether oxygens (including phenoxy) is 3. The Balaban J connectivity index is 4.15. The lowest BCUT2D eigenvalue weighted by Crippen LogP contribution is -2.25.